The van der Waals surface area contributed by atoms with Gasteiger partial charge in [-0.3, -0.25) is 4.90 Å². The molecular formula is C10H8N4OS. The Labute approximate surface area is 95.5 Å². The highest BCUT2D eigenvalue weighted by atomic mass is 32.2. The molecule has 0 fully saturated rings. The zero-order chi connectivity index (χ0) is 11.1. The molecule has 3 heterocycles. The van der Waals surface area contributed by atoms with Gasteiger partial charge in [0.25, 0.3) is 0 Å². The van der Waals surface area contributed by atoms with Gasteiger partial charge in [-0.25, -0.2) is 15.0 Å². The van der Waals surface area contributed by atoms with Crippen LogP contribution in [0, 0.1) is 0 Å². The van der Waals surface area contributed by atoms with Crippen molar-refractivity contribution in [3.8, 4) is 0 Å². The second kappa shape index (κ2) is 3.43. The van der Waals surface area contributed by atoms with Crippen LogP contribution in [0.4, 0.5) is 0 Å². The Morgan fingerprint density at radius 3 is 3.00 bits per heavy atom. The number of rotatable bonds is 1. The summed E-state index contributed by atoms with van der Waals surface area (Å²) in [6.07, 6.45) is 10.4. The SMILES string of the molecule is C[S+]([O-])C1=CC=C2C=CN=C3N=CN=C1N23. The first-order valence-corrected chi connectivity index (χ1v) is 6.24. The summed E-state index contributed by atoms with van der Waals surface area (Å²) in [4.78, 5) is 14.9. The van der Waals surface area contributed by atoms with Gasteiger partial charge in [0.15, 0.2) is 10.7 Å². The van der Waals surface area contributed by atoms with Crippen LogP contribution in [0.2, 0.25) is 0 Å². The van der Waals surface area contributed by atoms with Gasteiger partial charge in [-0.05, 0) is 29.4 Å². The van der Waals surface area contributed by atoms with E-state index in [2.05, 4.69) is 15.0 Å². The molecule has 80 valence electrons. The van der Waals surface area contributed by atoms with E-state index >= 15 is 0 Å². The van der Waals surface area contributed by atoms with Crippen LogP contribution >= 0.6 is 0 Å². The van der Waals surface area contributed by atoms with Crippen LogP contribution in [-0.2, 0) is 11.2 Å². The van der Waals surface area contributed by atoms with Crippen LogP contribution in [-0.4, -0.2) is 33.8 Å². The van der Waals surface area contributed by atoms with E-state index < -0.39 is 11.2 Å². The first-order valence-electron chi connectivity index (χ1n) is 4.68. The fourth-order valence-corrected chi connectivity index (χ4v) is 2.35. The van der Waals surface area contributed by atoms with Crippen molar-refractivity contribution in [2.75, 3.05) is 6.26 Å². The molecule has 0 bridgehead atoms. The maximum absolute atomic E-state index is 11.6. The molecule has 6 heteroatoms. The molecule has 0 saturated carbocycles. The van der Waals surface area contributed by atoms with Crippen molar-refractivity contribution in [1.29, 1.82) is 0 Å². The van der Waals surface area contributed by atoms with Crippen molar-refractivity contribution in [2.24, 2.45) is 15.0 Å². The monoisotopic (exact) mass is 232 g/mol. The summed E-state index contributed by atoms with van der Waals surface area (Å²) in [5, 5.41) is 0. The summed E-state index contributed by atoms with van der Waals surface area (Å²) in [5.74, 6) is 1.21. The fourth-order valence-electron chi connectivity index (χ4n) is 1.69. The van der Waals surface area contributed by atoms with Crippen LogP contribution < -0.4 is 0 Å². The zero-order valence-electron chi connectivity index (χ0n) is 8.49. The minimum Gasteiger partial charge on any atom is -0.612 e. The number of aliphatic imine (C=N–C) groups is 3. The molecule has 0 aromatic rings. The van der Waals surface area contributed by atoms with Gasteiger partial charge in [-0.15, -0.1) is 0 Å². The smallest absolute Gasteiger partial charge is 0.237 e. The van der Waals surface area contributed by atoms with E-state index in [0.29, 0.717) is 16.7 Å². The Morgan fingerprint density at radius 2 is 2.19 bits per heavy atom. The predicted molar refractivity (Wildman–Crippen MR) is 64.6 cm³/mol. The van der Waals surface area contributed by atoms with E-state index in [1.54, 1.807) is 17.4 Å². The number of guanidine groups is 1. The van der Waals surface area contributed by atoms with Gasteiger partial charge in [0.2, 0.25) is 5.96 Å². The Bertz CT molecular complexity index is 525. The summed E-state index contributed by atoms with van der Waals surface area (Å²) in [5.41, 5.74) is 0.940. The van der Waals surface area contributed by atoms with Crippen molar-refractivity contribution in [1.82, 2.24) is 4.90 Å². The van der Waals surface area contributed by atoms with Crippen molar-refractivity contribution in [3.05, 3.63) is 35.0 Å². The molecule has 0 radical (unpaired) electrons. The van der Waals surface area contributed by atoms with Gasteiger partial charge in [0.05, 0.1) is 5.70 Å². The molecule has 0 aromatic carbocycles. The second-order valence-electron chi connectivity index (χ2n) is 3.35. The van der Waals surface area contributed by atoms with Gasteiger partial charge >= 0.3 is 0 Å². The van der Waals surface area contributed by atoms with E-state index in [4.69, 9.17) is 0 Å². The van der Waals surface area contributed by atoms with Crippen molar-refractivity contribution in [3.63, 3.8) is 0 Å². The standard InChI is InChI=1S/C10H8N4OS/c1-16(15)8-3-2-7-4-5-11-10-13-6-12-9(8)14(7)10/h2-6H,1H3. The lowest BCUT2D eigenvalue weighted by Gasteiger charge is -2.31. The van der Waals surface area contributed by atoms with Crippen molar-refractivity contribution < 1.29 is 4.55 Å². The highest BCUT2D eigenvalue weighted by Gasteiger charge is 2.33. The highest BCUT2D eigenvalue weighted by molar-refractivity contribution is 7.95. The maximum atomic E-state index is 11.6. The number of nitrogens with zero attached hydrogens (tertiary/aromatic N) is 4. The van der Waals surface area contributed by atoms with Crippen LogP contribution in [0.1, 0.15) is 0 Å². The topological polar surface area (TPSA) is 63.4 Å². The van der Waals surface area contributed by atoms with E-state index in [0.717, 1.165) is 5.70 Å². The first kappa shape index (κ1) is 9.56. The minimum absolute atomic E-state index is 0.565. The summed E-state index contributed by atoms with van der Waals surface area (Å²) < 4.78 is 11.6. The molecule has 3 aliphatic heterocycles. The molecule has 0 amide bonds. The third-order valence-electron chi connectivity index (χ3n) is 2.39. The average Bonchev–Trinajstić information content (AvgIpc) is 2.30. The third-order valence-corrected chi connectivity index (χ3v) is 3.33. The number of amidine groups is 1. The summed E-state index contributed by atoms with van der Waals surface area (Å²) >= 11 is -1.07. The molecule has 0 aliphatic carbocycles. The molecule has 3 aliphatic rings. The van der Waals surface area contributed by atoms with E-state index in [-0.39, 0.29) is 0 Å². The van der Waals surface area contributed by atoms with Gasteiger partial charge in [-0.2, -0.15) is 0 Å². The zero-order valence-corrected chi connectivity index (χ0v) is 9.31. The molecule has 1 unspecified atom stereocenters. The van der Waals surface area contributed by atoms with Gasteiger partial charge in [0.1, 0.15) is 12.6 Å². The average molecular weight is 232 g/mol. The second-order valence-corrected chi connectivity index (χ2v) is 4.70. The van der Waals surface area contributed by atoms with Crippen LogP contribution in [0.5, 0.6) is 0 Å². The Morgan fingerprint density at radius 1 is 1.31 bits per heavy atom. The van der Waals surface area contributed by atoms with Gasteiger partial charge < -0.3 is 4.55 Å². The van der Waals surface area contributed by atoms with Gasteiger partial charge in [-0.1, -0.05) is 0 Å². The molecule has 3 rings (SSSR count). The maximum Gasteiger partial charge on any atom is 0.237 e. The Balaban J connectivity index is 2.17. The Hall–Kier alpha value is -1.66. The van der Waals surface area contributed by atoms with Crippen molar-refractivity contribution >= 4 is 29.3 Å². The molecule has 0 N–H and O–H groups in total. The summed E-state index contributed by atoms with van der Waals surface area (Å²) in [6.45, 7) is 0. The summed E-state index contributed by atoms with van der Waals surface area (Å²) in [6, 6.07) is 0. The number of hydrogen-bond acceptors (Lipinski definition) is 5. The highest BCUT2D eigenvalue weighted by Crippen LogP contribution is 2.26. The first-order chi connectivity index (χ1) is 7.77. The van der Waals surface area contributed by atoms with Crippen LogP contribution in [0.3, 0.4) is 0 Å². The normalized spacial score (nSPS) is 23.0. The minimum atomic E-state index is -1.07. The van der Waals surface area contributed by atoms with Crippen LogP contribution in [0.15, 0.2) is 50.0 Å². The number of allylic oxidation sites excluding steroid dienone is 3. The van der Waals surface area contributed by atoms with E-state index in [1.165, 1.54) is 6.34 Å². The lowest BCUT2D eigenvalue weighted by Crippen LogP contribution is -2.41. The molecule has 0 aromatic heterocycles. The predicted octanol–water partition coefficient (Wildman–Crippen LogP) is 0.772. The lowest BCUT2D eigenvalue weighted by molar-refractivity contribution is 0.606. The molecule has 1 atom stereocenters. The molecule has 0 spiro atoms. The molecule has 0 saturated heterocycles. The quantitative estimate of drug-likeness (QED) is 0.627. The summed E-state index contributed by atoms with van der Waals surface area (Å²) in [7, 11) is 0. The molecule has 5 nitrogen and oxygen atoms in total. The lowest BCUT2D eigenvalue weighted by atomic mass is 10.2. The van der Waals surface area contributed by atoms with Gasteiger partial charge in [0, 0.05) is 6.20 Å². The Kier molecular flexibility index (Phi) is 2.05. The van der Waals surface area contributed by atoms with Crippen LogP contribution in [0.25, 0.3) is 0 Å². The van der Waals surface area contributed by atoms with E-state index in [1.807, 2.05) is 18.2 Å². The third kappa shape index (κ3) is 1.27. The molecule has 16 heavy (non-hydrogen) atoms. The fraction of sp³-hybridized carbons (Fsp3) is 0.100. The van der Waals surface area contributed by atoms with E-state index in [9.17, 15) is 4.55 Å². The largest absolute Gasteiger partial charge is 0.612 e. The van der Waals surface area contributed by atoms with Crippen molar-refractivity contribution in [2.45, 2.75) is 0 Å². The number of hydrogen-bond donors (Lipinski definition) is 0. The molecular weight excluding hydrogens is 224 g/mol.